The molecule has 1 aromatic heterocycles. The van der Waals surface area contributed by atoms with Crippen LogP contribution in [0.5, 0.6) is 0 Å². The number of hydrogen-bond donors (Lipinski definition) is 2. The molecule has 2 atom stereocenters. The van der Waals surface area contributed by atoms with Crippen LogP contribution < -0.4 is 11.3 Å². The van der Waals surface area contributed by atoms with E-state index in [1.165, 1.54) is 12.0 Å². The summed E-state index contributed by atoms with van der Waals surface area (Å²) in [6, 6.07) is 2.27. The van der Waals surface area contributed by atoms with Gasteiger partial charge < -0.3 is 0 Å². The fourth-order valence-corrected chi connectivity index (χ4v) is 2.70. The molecule has 0 fully saturated rings. The first kappa shape index (κ1) is 16.1. The molecule has 1 heterocycles. The first-order valence-corrected chi connectivity index (χ1v) is 7.27. The van der Waals surface area contributed by atoms with Crippen molar-refractivity contribution in [2.24, 2.45) is 17.7 Å². The molecule has 0 saturated carbocycles. The number of rotatable bonds is 7. The van der Waals surface area contributed by atoms with Crippen molar-refractivity contribution in [2.75, 3.05) is 0 Å². The first-order chi connectivity index (χ1) is 8.97. The fraction of sp³-hybridized carbons (Fsp3) is 0.733. The van der Waals surface area contributed by atoms with E-state index in [9.17, 15) is 0 Å². The van der Waals surface area contributed by atoms with E-state index in [1.54, 1.807) is 0 Å². The highest BCUT2D eigenvalue weighted by atomic mass is 15.2. The van der Waals surface area contributed by atoms with Gasteiger partial charge in [-0.2, -0.15) is 10.2 Å². The van der Waals surface area contributed by atoms with E-state index in [0.29, 0.717) is 5.92 Å². The summed E-state index contributed by atoms with van der Waals surface area (Å²) in [6.45, 7) is 10.9. The molecule has 0 aliphatic heterocycles. The molecule has 0 saturated heterocycles. The average Bonchev–Trinajstić information content (AvgIpc) is 2.35. The Kier molecular flexibility index (Phi) is 6.38. The lowest BCUT2D eigenvalue weighted by Gasteiger charge is -2.23. The van der Waals surface area contributed by atoms with Gasteiger partial charge in [-0.05, 0) is 49.7 Å². The van der Waals surface area contributed by atoms with Gasteiger partial charge in [-0.15, -0.1) is 0 Å². The van der Waals surface area contributed by atoms with Crippen molar-refractivity contribution < 1.29 is 0 Å². The number of aromatic nitrogens is 2. The van der Waals surface area contributed by atoms with Gasteiger partial charge in [0.1, 0.15) is 0 Å². The van der Waals surface area contributed by atoms with E-state index in [1.807, 2.05) is 6.92 Å². The molecule has 1 aromatic rings. The fourth-order valence-electron chi connectivity index (χ4n) is 2.70. The maximum Gasteiger partial charge on any atom is 0.0676 e. The SMILES string of the molecule is CCc1nnc(C)cc1C(CC(C)CC(C)C)NN. The zero-order valence-electron chi connectivity index (χ0n) is 12.9. The second kappa shape index (κ2) is 7.56. The van der Waals surface area contributed by atoms with Crippen LogP contribution >= 0.6 is 0 Å². The Balaban J connectivity index is 2.87. The zero-order chi connectivity index (χ0) is 14.4. The van der Waals surface area contributed by atoms with E-state index in [-0.39, 0.29) is 6.04 Å². The quantitative estimate of drug-likeness (QED) is 0.587. The predicted molar refractivity (Wildman–Crippen MR) is 79.4 cm³/mol. The van der Waals surface area contributed by atoms with Gasteiger partial charge in [0.25, 0.3) is 0 Å². The molecule has 0 amide bonds. The maximum absolute atomic E-state index is 5.76. The smallest absolute Gasteiger partial charge is 0.0676 e. The number of nitrogens with two attached hydrogens (primary N) is 1. The molecule has 0 aliphatic rings. The lowest BCUT2D eigenvalue weighted by atomic mass is 9.89. The Morgan fingerprint density at radius 1 is 1.21 bits per heavy atom. The van der Waals surface area contributed by atoms with E-state index in [2.05, 4.69) is 49.4 Å². The topological polar surface area (TPSA) is 63.8 Å². The molecule has 2 unspecified atom stereocenters. The van der Waals surface area contributed by atoms with E-state index >= 15 is 0 Å². The van der Waals surface area contributed by atoms with Crippen molar-refractivity contribution in [3.63, 3.8) is 0 Å². The number of aryl methyl sites for hydroxylation is 2. The summed E-state index contributed by atoms with van der Waals surface area (Å²) in [6.07, 6.45) is 3.14. The number of nitrogens with one attached hydrogen (secondary N) is 1. The normalized spacial score (nSPS) is 14.7. The summed E-state index contributed by atoms with van der Waals surface area (Å²) in [4.78, 5) is 0. The maximum atomic E-state index is 5.76. The third-order valence-electron chi connectivity index (χ3n) is 3.45. The molecular formula is C15H28N4. The molecule has 108 valence electrons. The van der Waals surface area contributed by atoms with Crippen molar-refractivity contribution in [1.82, 2.24) is 15.6 Å². The summed E-state index contributed by atoms with van der Waals surface area (Å²) < 4.78 is 0. The monoisotopic (exact) mass is 264 g/mol. The van der Waals surface area contributed by atoms with Gasteiger partial charge in [-0.1, -0.05) is 27.7 Å². The van der Waals surface area contributed by atoms with Crippen molar-refractivity contribution in [3.8, 4) is 0 Å². The van der Waals surface area contributed by atoms with Gasteiger partial charge in [0.2, 0.25) is 0 Å². The Labute approximate surface area is 117 Å². The summed E-state index contributed by atoms with van der Waals surface area (Å²) >= 11 is 0. The Hall–Kier alpha value is -1.00. The minimum Gasteiger partial charge on any atom is -0.271 e. The van der Waals surface area contributed by atoms with Crippen LogP contribution in [0.2, 0.25) is 0 Å². The van der Waals surface area contributed by atoms with Crippen molar-refractivity contribution >= 4 is 0 Å². The molecule has 1 rings (SSSR count). The molecule has 19 heavy (non-hydrogen) atoms. The van der Waals surface area contributed by atoms with E-state index < -0.39 is 0 Å². The minimum absolute atomic E-state index is 0.165. The van der Waals surface area contributed by atoms with Crippen LogP contribution in [-0.4, -0.2) is 10.2 Å². The van der Waals surface area contributed by atoms with Gasteiger partial charge in [0, 0.05) is 6.04 Å². The molecule has 4 heteroatoms. The van der Waals surface area contributed by atoms with Gasteiger partial charge >= 0.3 is 0 Å². The van der Waals surface area contributed by atoms with Gasteiger partial charge in [0.15, 0.2) is 0 Å². The van der Waals surface area contributed by atoms with Gasteiger partial charge in [-0.3, -0.25) is 11.3 Å². The van der Waals surface area contributed by atoms with Crippen LogP contribution in [0.4, 0.5) is 0 Å². The van der Waals surface area contributed by atoms with Crippen molar-refractivity contribution in [3.05, 3.63) is 23.0 Å². The summed E-state index contributed by atoms with van der Waals surface area (Å²) in [5.41, 5.74) is 6.15. The highest BCUT2D eigenvalue weighted by Gasteiger charge is 2.18. The lowest BCUT2D eigenvalue weighted by Crippen LogP contribution is -2.30. The molecule has 0 aliphatic carbocycles. The van der Waals surface area contributed by atoms with Crippen LogP contribution in [0.3, 0.4) is 0 Å². The summed E-state index contributed by atoms with van der Waals surface area (Å²) in [5, 5.41) is 8.42. The van der Waals surface area contributed by atoms with Crippen LogP contribution in [0.25, 0.3) is 0 Å². The van der Waals surface area contributed by atoms with Gasteiger partial charge in [-0.25, -0.2) is 0 Å². The zero-order valence-corrected chi connectivity index (χ0v) is 12.9. The second-order valence-electron chi connectivity index (χ2n) is 5.93. The average molecular weight is 264 g/mol. The molecule has 4 nitrogen and oxygen atoms in total. The highest BCUT2D eigenvalue weighted by molar-refractivity contribution is 5.24. The first-order valence-electron chi connectivity index (χ1n) is 7.27. The molecular weight excluding hydrogens is 236 g/mol. The highest BCUT2D eigenvalue weighted by Crippen LogP contribution is 2.26. The van der Waals surface area contributed by atoms with Gasteiger partial charge in [0.05, 0.1) is 11.4 Å². The predicted octanol–water partition coefficient (Wildman–Crippen LogP) is 2.92. The largest absolute Gasteiger partial charge is 0.271 e. The molecule has 0 bridgehead atoms. The third kappa shape index (κ3) is 4.88. The molecule has 0 spiro atoms. The van der Waals surface area contributed by atoms with Crippen LogP contribution in [0.1, 0.15) is 63.5 Å². The number of nitrogens with zero attached hydrogens (tertiary/aromatic N) is 2. The summed E-state index contributed by atoms with van der Waals surface area (Å²) in [5.74, 6) is 7.12. The van der Waals surface area contributed by atoms with Crippen molar-refractivity contribution in [2.45, 2.75) is 59.9 Å². The van der Waals surface area contributed by atoms with E-state index in [4.69, 9.17) is 5.84 Å². The Bertz CT molecular complexity index is 390. The Morgan fingerprint density at radius 3 is 2.42 bits per heavy atom. The van der Waals surface area contributed by atoms with Crippen molar-refractivity contribution in [1.29, 1.82) is 0 Å². The number of hydrazine groups is 1. The Morgan fingerprint density at radius 2 is 1.89 bits per heavy atom. The van der Waals surface area contributed by atoms with E-state index in [0.717, 1.165) is 30.1 Å². The van der Waals surface area contributed by atoms with Crippen LogP contribution in [-0.2, 0) is 6.42 Å². The van der Waals surface area contributed by atoms with Crippen LogP contribution in [0.15, 0.2) is 6.07 Å². The second-order valence-corrected chi connectivity index (χ2v) is 5.93. The molecule has 0 radical (unpaired) electrons. The molecule has 0 aromatic carbocycles. The van der Waals surface area contributed by atoms with Crippen LogP contribution in [0, 0.1) is 18.8 Å². The third-order valence-corrected chi connectivity index (χ3v) is 3.45. The standard InChI is InChI=1S/C15H28N4/c1-6-14-13(9-12(5)18-19-14)15(17-16)8-11(4)7-10(2)3/h9-11,15,17H,6-8,16H2,1-5H3. The summed E-state index contributed by atoms with van der Waals surface area (Å²) in [7, 11) is 0. The lowest BCUT2D eigenvalue weighted by molar-refractivity contribution is 0.357. The molecule has 3 N–H and O–H groups in total. The minimum atomic E-state index is 0.165. The number of hydrogen-bond acceptors (Lipinski definition) is 4.